The Balaban J connectivity index is 4.65. The van der Waals surface area contributed by atoms with Crippen molar-refractivity contribution >= 4 is 19.6 Å². The Morgan fingerprint density at radius 1 is 1.16 bits per heavy atom. The molecule has 11 heteroatoms. The normalized spacial score (nSPS) is 14.5. The Morgan fingerprint density at radius 2 is 1.68 bits per heavy atom. The quantitative estimate of drug-likeness (QED) is 0.382. The van der Waals surface area contributed by atoms with Crippen molar-refractivity contribution in [3.8, 4) is 0 Å². The lowest BCUT2D eigenvalue weighted by Crippen LogP contribution is -2.53. The fourth-order valence-corrected chi connectivity index (χ4v) is 2.82. The molecule has 148 valence electrons. The zero-order chi connectivity index (χ0) is 19.7. The molecule has 2 atom stereocenters. The molecule has 0 aliphatic heterocycles. The van der Waals surface area contributed by atoms with Gasteiger partial charge in [-0.05, 0) is 41.5 Å². The molecule has 0 aromatic heterocycles. The van der Waals surface area contributed by atoms with E-state index in [1.165, 1.54) is 6.92 Å². The third-order valence-corrected chi connectivity index (χ3v) is 4.23. The molecule has 10 nitrogen and oxygen atoms in total. The van der Waals surface area contributed by atoms with E-state index in [-0.39, 0.29) is 13.2 Å². The van der Waals surface area contributed by atoms with Gasteiger partial charge in [0, 0.05) is 0 Å². The molecule has 1 unspecified atom stereocenters. The Hall–Kier alpha value is -1.19. The number of hydrogen-bond acceptors (Lipinski definition) is 8. The van der Waals surface area contributed by atoms with Crippen molar-refractivity contribution in [2.45, 2.75) is 59.3 Å². The number of alkyl carbamates (subject to hydrolysis) is 1. The smallest absolute Gasteiger partial charge is 0.408 e. The number of rotatable bonds is 10. The van der Waals surface area contributed by atoms with Gasteiger partial charge in [-0.2, -0.15) is 0 Å². The van der Waals surface area contributed by atoms with Crippen LogP contribution in [0.15, 0.2) is 0 Å². The first kappa shape index (κ1) is 23.8. The maximum atomic E-state index is 12.2. The summed E-state index contributed by atoms with van der Waals surface area (Å²) in [4.78, 5) is 28.6. The molecule has 2 amide bonds. The van der Waals surface area contributed by atoms with Crippen LogP contribution in [0.4, 0.5) is 4.79 Å². The molecule has 0 rings (SSSR count). The SMILES string of the molecule is CCOP(=O)(CONC(=O)[C@@H](NC(=O)OC(C)(C)C)C(C)O)OCC. The predicted molar refractivity (Wildman–Crippen MR) is 89.8 cm³/mol. The van der Waals surface area contributed by atoms with E-state index in [0.717, 1.165) is 0 Å². The second kappa shape index (κ2) is 10.7. The molecule has 0 fully saturated rings. The second-order valence-electron chi connectivity index (χ2n) is 6.05. The number of hydroxylamine groups is 1. The summed E-state index contributed by atoms with van der Waals surface area (Å²) in [5.74, 6) is -0.847. The standard InChI is InChI=1S/C14H29N2O8P/c1-7-22-25(20,23-8-2)9-21-16-12(18)11(10(3)17)15-13(19)24-14(4,5)6/h10-11,17H,7-9H2,1-6H3,(H,15,19)(H,16,18)/t10?,11-/m0/s1. The number of aliphatic hydroxyl groups excluding tert-OH is 1. The molecule has 0 aliphatic rings. The minimum absolute atomic E-state index is 0.144. The van der Waals surface area contributed by atoms with Crippen LogP contribution < -0.4 is 10.8 Å². The summed E-state index contributed by atoms with van der Waals surface area (Å²) in [5, 5.41) is 11.9. The first-order chi connectivity index (χ1) is 11.4. The molecular weight excluding hydrogens is 355 g/mol. The van der Waals surface area contributed by atoms with E-state index in [1.54, 1.807) is 34.6 Å². The van der Waals surface area contributed by atoms with Crippen LogP contribution in [-0.2, 0) is 28.0 Å². The van der Waals surface area contributed by atoms with Crippen LogP contribution >= 0.6 is 7.60 Å². The van der Waals surface area contributed by atoms with Crippen LogP contribution in [0.25, 0.3) is 0 Å². The molecule has 0 heterocycles. The van der Waals surface area contributed by atoms with Crippen LogP contribution in [0.2, 0.25) is 0 Å². The highest BCUT2D eigenvalue weighted by Crippen LogP contribution is 2.47. The molecule has 0 spiro atoms. The van der Waals surface area contributed by atoms with Crippen LogP contribution in [-0.4, -0.2) is 54.4 Å². The summed E-state index contributed by atoms with van der Waals surface area (Å²) >= 11 is 0. The van der Waals surface area contributed by atoms with Crippen molar-refractivity contribution in [1.29, 1.82) is 0 Å². The van der Waals surface area contributed by atoms with Gasteiger partial charge in [-0.15, -0.1) is 0 Å². The number of amides is 2. The molecule has 0 saturated carbocycles. The number of nitrogens with one attached hydrogen (secondary N) is 2. The van der Waals surface area contributed by atoms with E-state index in [4.69, 9.17) is 18.6 Å². The minimum Gasteiger partial charge on any atom is -0.444 e. The summed E-state index contributed by atoms with van der Waals surface area (Å²) < 4.78 is 27.2. The highest BCUT2D eigenvalue weighted by molar-refractivity contribution is 7.53. The van der Waals surface area contributed by atoms with Gasteiger partial charge in [-0.25, -0.2) is 10.3 Å². The van der Waals surface area contributed by atoms with Gasteiger partial charge in [0.05, 0.1) is 19.3 Å². The van der Waals surface area contributed by atoms with Gasteiger partial charge in [-0.3, -0.25) is 14.2 Å². The highest BCUT2D eigenvalue weighted by atomic mass is 31.2. The summed E-state index contributed by atoms with van der Waals surface area (Å²) in [5.41, 5.74) is 1.24. The summed E-state index contributed by atoms with van der Waals surface area (Å²) in [6.45, 7) is 9.85. The molecule has 3 N–H and O–H groups in total. The van der Waals surface area contributed by atoms with Crippen molar-refractivity contribution in [2.75, 3.05) is 19.6 Å². The Kier molecular flexibility index (Phi) is 10.2. The minimum atomic E-state index is -3.50. The lowest BCUT2D eigenvalue weighted by atomic mass is 10.2. The zero-order valence-electron chi connectivity index (χ0n) is 15.5. The molecule has 0 saturated heterocycles. The van der Waals surface area contributed by atoms with Crippen molar-refractivity contribution in [3.63, 3.8) is 0 Å². The van der Waals surface area contributed by atoms with Crippen LogP contribution in [0.3, 0.4) is 0 Å². The molecule has 25 heavy (non-hydrogen) atoms. The largest absolute Gasteiger partial charge is 0.444 e. The third-order valence-electron chi connectivity index (χ3n) is 2.48. The topological polar surface area (TPSA) is 132 Å². The van der Waals surface area contributed by atoms with Gasteiger partial charge in [0.2, 0.25) is 0 Å². The lowest BCUT2D eigenvalue weighted by molar-refractivity contribution is -0.137. The van der Waals surface area contributed by atoms with Crippen molar-refractivity contribution in [3.05, 3.63) is 0 Å². The average Bonchev–Trinajstić information content (AvgIpc) is 2.42. The van der Waals surface area contributed by atoms with Crippen LogP contribution in [0.1, 0.15) is 41.5 Å². The third kappa shape index (κ3) is 10.4. The van der Waals surface area contributed by atoms with E-state index in [2.05, 4.69) is 5.32 Å². The van der Waals surface area contributed by atoms with E-state index < -0.39 is 43.7 Å². The maximum absolute atomic E-state index is 12.2. The zero-order valence-corrected chi connectivity index (χ0v) is 16.4. The van der Waals surface area contributed by atoms with Gasteiger partial charge >= 0.3 is 13.7 Å². The highest BCUT2D eigenvalue weighted by Gasteiger charge is 2.30. The van der Waals surface area contributed by atoms with Gasteiger partial charge in [0.15, 0.2) is 6.35 Å². The number of carbonyl (C=O) groups is 2. The number of hydrogen-bond donors (Lipinski definition) is 3. The number of aliphatic hydroxyl groups is 1. The second-order valence-corrected chi connectivity index (χ2v) is 8.05. The first-order valence-corrected chi connectivity index (χ1v) is 9.64. The molecule has 0 aromatic carbocycles. The fourth-order valence-electron chi connectivity index (χ4n) is 1.59. The summed E-state index contributed by atoms with van der Waals surface area (Å²) in [7, 11) is -3.50. The number of ether oxygens (including phenoxy) is 1. The first-order valence-electron chi connectivity index (χ1n) is 7.91. The molecule has 0 aromatic rings. The van der Waals surface area contributed by atoms with Gasteiger partial charge < -0.3 is 24.2 Å². The predicted octanol–water partition coefficient (Wildman–Crippen LogP) is 1.53. The average molecular weight is 384 g/mol. The lowest BCUT2D eigenvalue weighted by Gasteiger charge is -2.24. The molecule has 0 bridgehead atoms. The monoisotopic (exact) mass is 384 g/mol. The van der Waals surface area contributed by atoms with E-state index in [0.29, 0.717) is 0 Å². The van der Waals surface area contributed by atoms with E-state index in [1.807, 2.05) is 5.48 Å². The van der Waals surface area contributed by atoms with Crippen LogP contribution in [0.5, 0.6) is 0 Å². The Bertz CT molecular complexity index is 468. The molecular formula is C14H29N2O8P. The van der Waals surface area contributed by atoms with E-state index >= 15 is 0 Å². The Labute approximate surface area is 148 Å². The molecule has 0 radical (unpaired) electrons. The van der Waals surface area contributed by atoms with Crippen molar-refractivity contribution < 1.29 is 37.9 Å². The Morgan fingerprint density at radius 3 is 2.08 bits per heavy atom. The van der Waals surface area contributed by atoms with Gasteiger partial charge in [-0.1, -0.05) is 0 Å². The summed E-state index contributed by atoms with van der Waals surface area (Å²) in [6, 6.07) is -1.33. The van der Waals surface area contributed by atoms with E-state index in [9.17, 15) is 19.3 Å². The summed E-state index contributed by atoms with van der Waals surface area (Å²) in [6.07, 6.45) is -2.61. The van der Waals surface area contributed by atoms with Crippen molar-refractivity contribution in [1.82, 2.24) is 10.8 Å². The number of carbonyl (C=O) groups excluding carboxylic acids is 2. The fraction of sp³-hybridized carbons (Fsp3) is 0.857. The van der Waals surface area contributed by atoms with Crippen LogP contribution in [0, 0.1) is 0 Å². The maximum Gasteiger partial charge on any atom is 0.408 e. The van der Waals surface area contributed by atoms with Gasteiger partial charge in [0.1, 0.15) is 11.6 Å². The van der Waals surface area contributed by atoms with Gasteiger partial charge in [0.25, 0.3) is 5.91 Å². The molecule has 0 aliphatic carbocycles. The van der Waals surface area contributed by atoms with Crippen molar-refractivity contribution in [2.24, 2.45) is 0 Å².